The van der Waals surface area contributed by atoms with E-state index in [1.165, 1.54) is 5.01 Å². The van der Waals surface area contributed by atoms with Gasteiger partial charge in [-0.25, -0.2) is 5.01 Å². The van der Waals surface area contributed by atoms with Crippen molar-refractivity contribution in [2.75, 3.05) is 11.6 Å². The summed E-state index contributed by atoms with van der Waals surface area (Å²) in [6.07, 6.45) is 0.606. The molecule has 6 heteroatoms. The number of carbonyl (C=O) groups is 2. The third kappa shape index (κ3) is 4.84. The van der Waals surface area contributed by atoms with Gasteiger partial charge in [-0.05, 0) is 42.7 Å². The van der Waals surface area contributed by atoms with Gasteiger partial charge in [-0.2, -0.15) is 5.10 Å². The number of ether oxygens (including phenoxy) is 1. The number of hydrogen-bond acceptors (Lipinski definition) is 4. The quantitative estimate of drug-likeness (QED) is 0.802. The minimum atomic E-state index is -0.253. The highest BCUT2D eigenvalue weighted by Gasteiger charge is 2.25. The summed E-state index contributed by atoms with van der Waals surface area (Å²) in [4.78, 5) is 24.9. The Balaban J connectivity index is 1.70. The van der Waals surface area contributed by atoms with Crippen molar-refractivity contribution in [3.8, 4) is 0 Å². The van der Waals surface area contributed by atoms with Gasteiger partial charge in [0.1, 0.15) is 5.71 Å². The van der Waals surface area contributed by atoms with Crippen molar-refractivity contribution in [2.45, 2.75) is 39.8 Å². The van der Waals surface area contributed by atoms with Crippen LogP contribution in [0.5, 0.6) is 0 Å². The Morgan fingerprint density at radius 1 is 1.14 bits per heavy atom. The van der Waals surface area contributed by atoms with Crippen molar-refractivity contribution < 1.29 is 14.3 Å². The minimum Gasteiger partial charge on any atom is -0.377 e. The smallest absolute Gasteiger partial charge is 0.267 e. The van der Waals surface area contributed by atoms with Gasteiger partial charge >= 0.3 is 0 Å². The van der Waals surface area contributed by atoms with E-state index in [-0.39, 0.29) is 18.2 Å². The summed E-state index contributed by atoms with van der Waals surface area (Å²) in [6.45, 7) is 5.45. The maximum absolute atomic E-state index is 12.6. The van der Waals surface area contributed by atoms with Gasteiger partial charge in [-0.1, -0.05) is 36.4 Å². The molecule has 28 heavy (non-hydrogen) atoms. The van der Waals surface area contributed by atoms with Gasteiger partial charge in [-0.15, -0.1) is 0 Å². The molecular formula is C22H25N3O3. The average Bonchev–Trinajstić information content (AvgIpc) is 2.71. The summed E-state index contributed by atoms with van der Waals surface area (Å²) in [5, 5.41) is 8.57. The van der Waals surface area contributed by atoms with Gasteiger partial charge in [0, 0.05) is 26.0 Å². The topological polar surface area (TPSA) is 71.0 Å². The molecule has 2 aromatic carbocycles. The second-order valence-electron chi connectivity index (χ2n) is 6.68. The van der Waals surface area contributed by atoms with Gasteiger partial charge in [-0.3, -0.25) is 9.59 Å². The lowest BCUT2D eigenvalue weighted by Gasteiger charge is -2.23. The first-order chi connectivity index (χ1) is 13.6. The fourth-order valence-electron chi connectivity index (χ4n) is 3.04. The van der Waals surface area contributed by atoms with Crippen molar-refractivity contribution in [3.05, 3.63) is 65.2 Å². The normalized spacial score (nSPS) is 14.0. The molecule has 2 aromatic rings. The highest BCUT2D eigenvalue weighted by atomic mass is 16.5. The summed E-state index contributed by atoms with van der Waals surface area (Å²) in [6, 6.07) is 15.4. The van der Waals surface area contributed by atoms with Crippen LogP contribution in [0.3, 0.4) is 0 Å². The van der Waals surface area contributed by atoms with Crippen LogP contribution in [0.2, 0.25) is 0 Å². The van der Waals surface area contributed by atoms with E-state index in [1.54, 1.807) is 0 Å². The predicted octanol–water partition coefficient (Wildman–Crippen LogP) is 3.33. The summed E-state index contributed by atoms with van der Waals surface area (Å²) >= 11 is 0. The number of rotatable bonds is 7. The van der Waals surface area contributed by atoms with Crippen molar-refractivity contribution in [1.29, 1.82) is 0 Å². The van der Waals surface area contributed by atoms with E-state index in [2.05, 4.69) is 10.4 Å². The largest absolute Gasteiger partial charge is 0.377 e. The average molecular weight is 379 g/mol. The third-order valence-electron chi connectivity index (χ3n) is 4.56. The Morgan fingerprint density at radius 3 is 2.68 bits per heavy atom. The van der Waals surface area contributed by atoms with Crippen molar-refractivity contribution >= 4 is 23.2 Å². The first-order valence-electron chi connectivity index (χ1n) is 9.48. The maximum atomic E-state index is 12.6. The molecule has 146 valence electrons. The second-order valence-corrected chi connectivity index (χ2v) is 6.68. The lowest BCUT2D eigenvalue weighted by Crippen LogP contribution is -2.39. The highest BCUT2D eigenvalue weighted by Crippen LogP contribution is 2.21. The van der Waals surface area contributed by atoms with Gasteiger partial charge in [0.25, 0.3) is 5.91 Å². The maximum Gasteiger partial charge on any atom is 0.267 e. The van der Waals surface area contributed by atoms with Gasteiger partial charge in [0.05, 0.1) is 12.3 Å². The molecule has 0 unspecified atom stereocenters. The van der Waals surface area contributed by atoms with Gasteiger partial charge in [0.2, 0.25) is 5.91 Å². The Labute approximate surface area is 165 Å². The molecule has 0 saturated carbocycles. The number of hydrazone groups is 1. The summed E-state index contributed by atoms with van der Waals surface area (Å²) in [7, 11) is 0. The zero-order chi connectivity index (χ0) is 19.9. The van der Waals surface area contributed by atoms with E-state index in [1.807, 2.05) is 62.4 Å². The van der Waals surface area contributed by atoms with E-state index in [0.717, 1.165) is 16.7 Å². The number of carbonyl (C=O) groups excluding carboxylic acids is 2. The molecule has 0 saturated heterocycles. The molecule has 0 radical (unpaired) electrons. The van der Waals surface area contributed by atoms with Crippen LogP contribution in [-0.2, 0) is 27.5 Å². The molecule has 1 aliphatic rings. The van der Waals surface area contributed by atoms with Crippen LogP contribution >= 0.6 is 0 Å². The fourth-order valence-corrected chi connectivity index (χ4v) is 3.04. The number of nitrogens with zero attached hydrogens (tertiary/aromatic N) is 2. The molecule has 0 bridgehead atoms. The zero-order valence-electron chi connectivity index (χ0n) is 16.3. The Bertz CT molecular complexity index is 892. The molecule has 1 heterocycles. The molecule has 3 rings (SSSR count). The van der Waals surface area contributed by atoms with Crippen molar-refractivity contribution in [1.82, 2.24) is 5.32 Å². The highest BCUT2D eigenvalue weighted by molar-refractivity contribution is 6.40. The van der Waals surface area contributed by atoms with Crippen LogP contribution in [0.25, 0.3) is 0 Å². The van der Waals surface area contributed by atoms with Crippen molar-refractivity contribution in [2.24, 2.45) is 5.10 Å². The van der Waals surface area contributed by atoms with Crippen LogP contribution in [-0.4, -0.2) is 24.1 Å². The van der Waals surface area contributed by atoms with Crippen molar-refractivity contribution in [3.63, 3.8) is 0 Å². The van der Waals surface area contributed by atoms with E-state index in [9.17, 15) is 9.59 Å². The molecule has 1 aliphatic heterocycles. The molecule has 0 fully saturated rings. The number of nitrogens with one attached hydrogen (secondary N) is 1. The first kappa shape index (κ1) is 19.8. The SMILES string of the molecule is CCOCc1ccccc1CNC(=O)C1=NN(c2cccc(C)c2)C(=O)CC1. The number of anilines is 1. The lowest BCUT2D eigenvalue weighted by atomic mass is 10.1. The predicted molar refractivity (Wildman–Crippen MR) is 109 cm³/mol. The number of aryl methyl sites for hydroxylation is 1. The van der Waals surface area contributed by atoms with E-state index in [4.69, 9.17) is 4.74 Å². The minimum absolute atomic E-state index is 0.107. The summed E-state index contributed by atoms with van der Waals surface area (Å²) < 4.78 is 5.49. The van der Waals surface area contributed by atoms with E-state index < -0.39 is 0 Å². The van der Waals surface area contributed by atoms with Crippen LogP contribution < -0.4 is 10.3 Å². The van der Waals surface area contributed by atoms with Gasteiger partial charge < -0.3 is 10.1 Å². The van der Waals surface area contributed by atoms with Gasteiger partial charge in [0.15, 0.2) is 0 Å². The van der Waals surface area contributed by atoms with Crippen LogP contribution in [0.4, 0.5) is 5.69 Å². The molecule has 0 aliphatic carbocycles. The molecule has 0 atom stereocenters. The Kier molecular flexibility index (Phi) is 6.55. The Morgan fingerprint density at radius 2 is 1.93 bits per heavy atom. The molecular weight excluding hydrogens is 354 g/mol. The fraction of sp³-hybridized carbons (Fsp3) is 0.318. The lowest BCUT2D eigenvalue weighted by molar-refractivity contribution is -0.119. The molecule has 0 aromatic heterocycles. The number of amides is 2. The van der Waals surface area contributed by atoms with Crippen LogP contribution in [0.15, 0.2) is 53.6 Å². The monoisotopic (exact) mass is 379 g/mol. The van der Waals surface area contributed by atoms with E-state index in [0.29, 0.717) is 37.6 Å². The van der Waals surface area contributed by atoms with Crippen LogP contribution in [0, 0.1) is 6.92 Å². The summed E-state index contributed by atoms with van der Waals surface area (Å²) in [5.74, 6) is -0.361. The molecule has 2 amide bonds. The zero-order valence-corrected chi connectivity index (χ0v) is 16.3. The van der Waals surface area contributed by atoms with E-state index >= 15 is 0 Å². The molecule has 6 nitrogen and oxygen atoms in total. The second kappa shape index (κ2) is 9.28. The standard InChI is InChI=1S/C22H25N3O3/c1-3-28-15-18-9-5-4-8-17(18)14-23-22(27)20-11-12-21(26)25(24-20)19-10-6-7-16(2)13-19/h4-10,13H,3,11-12,14-15H2,1-2H3,(H,23,27). The third-order valence-corrected chi connectivity index (χ3v) is 4.56. The molecule has 0 spiro atoms. The summed E-state index contributed by atoms with van der Waals surface area (Å²) in [5.41, 5.74) is 4.13. The number of benzene rings is 2. The molecule has 1 N–H and O–H groups in total. The van der Waals surface area contributed by atoms with Crippen LogP contribution in [0.1, 0.15) is 36.5 Å². The number of hydrogen-bond donors (Lipinski definition) is 1. The first-order valence-corrected chi connectivity index (χ1v) is 9.48. The Hall–Kier alpha value is -2.99.